The Morgan fingerprint density at radius 3 is 1.93 bits per heavy atom. The summed E-state index contributed by atoms with van der Waals surface area (Å²) in [6, 6.07) is 10.7. The lowest BCUT2D eigenvalue weighted by Gasteiger charge is -2.33. The molecule has 0 saturated heterocycles. The van der Waals surface area contributed by atoms with E-state index >= 15 is 0 Å². The quantitative estimate of drug-likeness (QED) is 0.327. The summed E-state index contributed by atoms with van der Waals surface area (Å²) in [5, 5.41) is 10.8. The highest BCUT2D eigenvalue weighted by molar-refractivity contribution is 5.64. The highest BCUT2D eigenvalue weighted by atomic mass is 19.1. The fourth-order valence-corrected chi connectivity index (χ4v) is 3.68. The van der Waals surface area contributed by atoms with Crippen LogP contribution in [0.15, 0.2) is 42.5 Å². The Kier molecular flexibility index (Phi) is 9.21. The van der Waals surface area contributed by atoms with Crippen LogP contribution in [0.3, 0.4) is 0 Å². The van der Waals surface area contributed by atoms with Gasteiger partial charge >= 0.3 is 0 Å². The fourth-order valence-electron chi connectivity index (χ4n) is 3.68. The van der Waals surface area contributed by atoms with Crippen LogP contribution in [-0.4, -0.2) is 25.3 Å². The Labute approximate surface area is 172 Å². The Balaban J connectivity index is 2.17. The molecule has 1 atom stereocenters. The third-order valence-corrected chi connectivity index (χ3v) is 5.38. The van der Waals surface area contributed by atoms with Gasteiger partial charge in [0.15, 0.2) is 0 Å². The summed E-state index contributed by atoms with van der Waals surface area (Å²) in [4.78, 5) is 0. The Morgan fingerprint density at radius 1 is 0.828 bits per heavy atom. The minimum atomic E-state index is -1.73. The van der Waals surface area contributed by atoms with E-state index in [2.05, 4.69) is 6.92 Å². The van der Waals surface area contributed by atoms with Crippen molar-refractivity contribution in [2.45, 2.75) is 63.8 Å². The average Bonchev–Trinajstić information content (AvgIpc) is 2.72. The lowest BCUT2D eigenvalue weighted by Crippen LogP contribution is -2.40. The number of methoxy groups -OCH3 is 2. The van der Waals surface area contributed by atoms with E-state index in [0.717, 1.165) is 24.5 Å². The zero-order valence-electron chi connectivity index (χ0n) is 17.6. The van der Waals surface area contributed by atoms with Crippen molar-refractivity contribution in [2.24, 2.45) is 0 Å². The summed E-state index contributed by atoms with van der Waals surface area (Å²) < 4.78 is 37.6. The summed E-state index contributed by atoms with van der Waals surface area (Å²) in [5.74, 6) is -3.33. The molecule has 3 nitrogen and oxygen atoms in total. The molecule has 0 aliphatic carbocycles. The normalized spacial score (nSPS) is 12.9. The summed E-state index contributed by atoms with van der Waals surface area (Å²) in [7, 11) is 2.84. The summed E-state index contributed by atoms with van der Waals surface area (Å²) in [6.45, 7) is 2.19. The summed E-state index contributed by atoms with van der Waals surface area (Å²) in [5.41, 5.74) is 2.02. The number of benzene rings is 2. The number of aliphatic hydroxyl groups is 1. The maximum atomic E-state index is 13.5. The highest BCUT2D eigenvalue weighted by Gasteiger charge is 2.38. The third-order valence-electron chi connectivity index (χ3n) is 5.38. The van der Waals surface area contributed by atoms with Crippen molar-refractivity contribution < 1.29 is 23.4 Å². The van der Waals surface area contributed by atoms with Gasteiger partial charge in [-0.05, 0) is 35.2 Å². The van der Waals surface area contributed by atoms with Gasteiger partial charge in [0.1, 0.15) is 11.6 Å². The van der Waals surface area contributed by atoms with Crippen molar-refractivity contribution in [3.05, 3.63) is 59.7 Å². The number of unbranched alkanes of at least 4 members (excludes halogenated alkanes) is 5. The molecule has 160 valence electrons. The van der Waals surface area contributed by atoms with Crippen molar-refractivity contribution in [3.8, 4) is 11.1 Å². The number of halogens is 2. The highest BCUT2D eigenvalue weighted by Crippen LogP contribution is 2.36. The monoisotopic (exact) mass is 406 g/mol. The maximum Gasteiger partial charge on any atom is 0.287 e. The molecule has 0 aliphatic heterocycles. The second kappa shape index (κ2) is 11.4. The van der Waals surface area contributed by atoms with Gasteiger partial charge in [-0.1, -0.05) is 69.7 Å². The molecular weight excluding hydrogens is 374 g/mol. The van der Waals surface area contributed by atoms with E-state index in [1.807, 2.05) is 12.1 Å². The molecule has 5 heteroatoms. The third kappa shape index (κ3) is 6.59. The van der Waals surface area contributed by atoms with E-state index in [4.69, 9.17) is 9.47 Å². The van der Waals surface area contributed by atoms with Crippen molar-refractivity contribution in [1.29, 1.82) is 0 Å². The van der Waals surface area contributed by atoms with Gasteiger partial charge in [-0.3, -0.25) is 0 Å². The SMILES string of the molecule is CCCCCCCCC(c1ccc(-c2cc(F)cc(F)c2)cc1)C(O)(OC)OC. The lowest BCUT2D eigenvalue weighted by atomic mass is 9.89. The summed E-state index contributed by atoms with van der Waals surface area (Å²) in [6.07, 6.45) is 7.57. The molecule has 0 bridgehead atoms. The molecule has 0 aliphatic rings. The zero-order chi connectivity index (χ0) is 21.3. The molecule has 0 spiro atoms. The van der Waals surface area contributed by atoms with Crippen LogP contribution in [0.1, 0.15) is 63.4 Å². The number of rotatable bonds is 12. The molecule has 0 radical (unpaired) electrons. The molecule has 0 amide bonds. The van der Waals surface area contributed by atoms with Crippen LogP contribution in [-0.2, 0) is 9.47 Å². The van der Waals surface area contributed by atoms with Crippen LogP contribution in [0, 0.1) is 11.6 Å². The Hall–Kier alpha value is -1.82. The first-order valence-electron chi connectivity index (χ1n) is 10.3. The molecule has 1 N–H and O–H groups in total. The van der Waals surface area contributed by atoms with Crippen LogP contribution < -0.4 is 0 Å². The molecule has 2 rings (SSSR count). The van der Waals surface area contributed by atoms with Crippen LogP contribution in [0.5, 0.6) is 0 Å². The van der Waals surface area contributed by atoms with Crippen molar-refractivity contribution in [2.75, 3.05) is 14.2 Å². The van der Waals surface area contributed by atoms with E-state index in [9.17, 15) is 13.9 Å². The molecule has 0 fully saturated rings. The van der Waals surface area contributed by atoms with Gasteiger partial charge in [0, 0.05) is 20.3 Å². The van der Waals surface area contributed by atoms with Crippen LogP contribution in [0.2, 0.25) is 0 Å². The molecule has 0 heterocycles. The molecule has 2 aromatic carbocycles. The van der Waals surface area contributed by atoms with Gasteiger partial charge in [0.2, 0.25) is 0 Å². The predicted octanol–water partition coefficient (Wildman–Crippen LogP) is 6.40. The molecular formula is C24H32F2O3. The minimum absolute atomic E-state index is 0.373. The van der Waals surface area contributed by atoms with Gasteiger partial charge in [0.05, 0.1) is 5.92 Å². The van der Waals surface area contributed by atoms with Crippen LogP contribution in [0.4, 0.5) is 8.78 Å². The first kappa shape index (κ1) is 23.5. The van der Waals surface area contributed by atoms with Crippen molar-refractivity contribution >= 4 is 0 Å². The first-order chi connectivity index (χ1) is 13.9. The van der Waals surface area contributed by atoms with E-state index < -0.39 is 17.6 Å². The smallest absolute Gasteiger partial charge is 0.287 e. The van der Waals surface area contributed by atoms with Crippen molar-refractivity contribution in [3.63, 3.8) is 0 Å². The maximum absolute atomic E-state index is 13.5. The predicted molar refractivity (Wildman–Crippen MR) is 111 cm³/mol. The van der Waals surface area contributed by atoms with E-state index in [1.165, 1.54) is 52.0 Å². The number of hydrogen-bond donors (Lipinski definition) is 1. The zero-order valence-corrected chi connectivity index (χ0v) is 17.6. The van der Waals surface area contributed by atoms with Gasteiger partial charge in [-0.15, -0.1) is 0 Å². The Morgan fingerprint density at radius 2 is 1.38 bits per heavy atom. The van der Waals surface area contributed by atoms with Gasteiger partial charge in [-0.25, -0.2) is 8.78 Å². The van der Waals surface area contributed by atoms with E-state index in [1.54, 1.807) is 12.1 Å². The standard InChI is InChI=1S/C24H32F2O3/c1-4-5-6-7-8-9-10-23(24(27,28-2)29-3)19-13-11-18(12-14-19)20-15-21(25)17-22(26)16-20/h11-17,23,27H,4-10H2,1-3H3. The van der Waals surface area contributed by atoms with Gasteiger partial charge in [-0.2, -0.15) is 0 Å². The van der Waals surface area contributed by atoms with Gasteiger partial charge < -0.3 is 14.6 Å². The largest absolute Gasteiger partial charge is 0.343 e. The number of hydrogen-bond acceptors (Lipinski definition) is 3. The average molecular weight is 407 g/mol. The number of ether oxygens (including phenoxy) is 2. The second-order valence-corrected chi connectivity index (χ2v) is 7.43. The van der Waals surface area contributed by atoms with E-state index in [0.29, 0.717) is 17.5 Å². The van der Waals surface area contributed by atoms with Gasteiger partial charge in [0.25, 0.3) is 5.97 Å². The van der Waals surface area contributed by atoms with Crippen LogP contribution in [0.25, 0.3) is 11.1 Å². The molecule has 0 aromatic heterocycles. The second-order valence-electron chi connectivity index (χ2n) is 7.43. The Bertz CT molecular complexity index is 722. The first-order valence-corrected chi connectivity index (χ1v) is 10.3. The van der Waals surface area contributed by atoms with Crippen molar-refractivity contribution in [1.82, 2.24) is 0 Å². The van der Waals surface area contributed by atoms with Crippen LogP contribution >= 0.6 is 0 Å². The molecule has 0 saturated carbocycles. The molecule has 29 heavy (non-hydrogen) atoms. The lowest BCUT2D eigenvalue weighted by molar-refractivity contribution is -0.353. The summed E-state index contributed by atoms with van der Waals surface area (Å²) >= 11 is 0. The minimum Gasteiger partial charge on any atom is -0.343 e. The fraction of sp³-hybridized carbons (Fsp3) is 0.500. The topological polar surface area (TPSA) is 38.7 Å². The molecule has 2 aromatic rings. The molecule has 1 unspecified atom stereocenters. The van der Waals surface area contributed by atoms with E-state index in [-0.39, 0.29) is 5.92 Å².